The Balaban J connectivity index is 2.65. The second kappa shape index (κ2) is 14.6. The van der Waals surface area contributed by atoms with E-state index >= 15 is 0 Å². The maximum atomic E-state index is 14.1. The number of esters is 1. The van der Waals surface area contributed by atoms with Crippen LogP contribution in [-0.4, -0.2) is 99.0 Å². The second-order valence-electron chi connectivity index (χ2n) is 13.6. The van der Waals surface area contributed by atoms with Crippen LogP contribution in [0, 0.1) is 23.2 Å². The van der Waals surface area contributed by atoms with Crippen LogP contribution >= 0.6 is 0 Å². The fourth-order valence-corrected chi connectivity index (χ4v) is 6.60. The SMILES string of the molecule is CNC(=O)NC1(C)/C=C(\C)[C@@H](C)OC(=O)[C@H](C)C(=O)[C@H](C)C(OC2O[C@H](C)CC(N(C)C)C2OC)C(C)(C)CC(C)C1=O. The van der Waals surface area contributed by atoms with Crippen molar-refractivity contribution >= 4 is 23.6 Å². The molecule has 1 fully saturated rings. The molecule has 2 aliphatic heterocycles. The van der Waals surface area contributed by atoms with Crippen molar-refractivity contribution in [3.63, 3.8) is 0 Å². The van der Waals surface area contributed by atoms with Crippen LogP contribution < -0.4 is 10.6 Å². The van der Waals surface area contributed by atoms with Crippen LogP contribution in [0.4, 0.5) is 4.79 Å². The molecule has 0 bridgehead atoms. The minimum atomic E-state index is -1.39. The number of ketones is 2. The number of carbonyl (C=O) groups excluding carboxylic acids is 4. The van der Waals surface area contributed by atoms with Crippen molar-refractivity contribution in [1.82, 2.24) is 15.5 Å². The molecule has 11 heteroatoms. The molecule has 1 saturated heterocycles. The molecule has 0 radical (unpaired) electrons. The normalized spacial score (nSPS) is 39.3. The van der Waals surface area contributed by atoms with Crippen molar-refractivity contribution in [2.75, 3.05) is 28.3 Å². The van der Waals surface area contributed by atoms with Crippen molar-refractivity contribution in [3.8, 4) is 0 Å². The van der Waals surface area contributed by atoms with Crippen LogP contribution in [0.25, 0.3) is 0 Å². The highest BCUT2D eigenvalue weighted by Crippen LogP contribution is 2.40. The van der Waals surface area contributed by atoms with Gasteiger partial charge in [0, 0.05) is 32.0 Å². The third kappa shape index (κ3) is 8.65. The number of amides is 2. The van der Waals surface area contributed by atoms with Gasteiger partial charge in [-0.15, -0.1) is 0 Å². The van der Waals surface area contributed by atoms with Crippen molar-refractivity contribution in [2.24, 2.45) is 23.2 Å². The van der Waals surface area contributed by atoms with E-state index in [1.807, 2.05) is 41.8 Å². The van der Waals surface area contributed by atoms with Gasteiger partial charge in [0.25, 0.3) is 0 Å². The fourth-order valence-electron chi connectivity index (χ4n) is 6.60. The van der Waals surface area contributed by atoms with Gasteiger partial charge in [0.15, 0.2) is 17.9 Å². The first kappa shape index (κ1) is 36.8. The number of rotatable bonds is 5. The lowest BCUT2D eigenvalue weighted by Gasteiger charge is -2.47. The summed E-state index contributed by atoms with van der Waals surface area (Å²) in [6, 6.07) is -0.510. The van der Waals surface area contributed by atoms with Gasteiger partial charge in [0.05, 0.1) is 12.2 Å². The predicted octanol–water partition coefficient (Wildman–Crippen LogP) is 3.49. The van der Waals surface area contributed by atoms with Gasteiger partial charge < -0.3 is 34.5 Å². The minimum absolute atomic E-state index is 0.00814. The molecule has 2 rings (SSSR count). The summed E-state index contributed by atoms with van der Waals surface area (Å²) in [5.74, 6) is -3.57. The zero-order valence-corrected chi connectivity index (χ0v) is 28.4. The van der Waals surface area contributed by atoms with Gasteiger partial charge in [0.2, 0.25) is 0 Å². The molecule has 0 aliphatic carbocycles. The van der Waals surface area contributed by atoms with Gasteiger partial charge in [-0.3, -0.25) is 14.4 Å². The molecule has 2 aliphatic rings. The molecular weight excluding hydrogens is 554 g/mol. The van der Waals surface area contributed by atoms with E-state index in [1.54, 1.807) is 47.8 Å². The maximum absolute atomic E-state index is 14.1. The van der Waals surface area contributed by atoms with Gasteiger partial charge in [0.1, 0.15) is 23.7 Å². The summed E-state index contributed by atoms with van der Waals surface area (Å²) in [5.41, 5.74) is -1.58. The summed E-state index contributed by atoms with van der Waals surface area (Å²) in [6.45, 7) is 16.0. The molecule has 0 aromatic carbocycles. The Morgan fingerprint density at radius 1 is 1.07 bits per heavy atom. The molecule has 246 valence electrons. The molecule has 2 N–H and O–H groups in total. The quantitative estimate of drug-likeness (QED) is 0.273. The van der Waals surface area contributed by atoms with E-state index in [4.69, 9.17) is 18.9 Å². The largest absolute Gasteiger partial charge is 0.458 e. The molecule has 10 atom stereocenters. The molecule has 43 heavy (non-hydrogen) atoms. The lowest BCUT2D eigenvalue weighted by molar-refractivity contribution is -0.289. The van der Waals surface area contributed by atoms with Crippen LogP contribution in [-0.2, 0) is 33.3 Å². The third-order valence-electron chi connectivity index (χ3n) is 9.10. The van der Waals surface area contributed by atoms with E-state index in [9.17, 15) is 19.2 Å². The average molecular weight is 610 g/mol. The zero-order valence-electron chi connectivity index (χ0n) is 28.4. The Bertz CT molecular complexity index is 1060. The first-order valence-electron chi connectivity index (χ1n) is 15.3. The number of methoxy groups -OCH3 is 1. The summed E-state index contributed by atoms with van der Waals surface area (Å²) < 4.78 is 24.6. The Hall–Kier alpha value is -2.34. The summed E-state index contributed by atoms with van der Waals surface area (Å²) in [4.78, 5) is 55.7. The van der Waals surface area contributed by atoms with Crippen molar-refractivity contribution in [1.29, 1.82) is 0 Å². The molecule has 6 unspecified atom stereocenters. The van der Waals surface area contributed by atoms with Crippen LogP contribution in [0.3, 0.4) is 0 Å². The number of Topliss-reactive ketones (excluding diaryl/α,β-unsaturated/α-hetero) is 2. The number of ether oxygens (including phenoxy) is 4. The van der Waals surface area contributed by atoms with Crippen LogP contribution in [0.15, 0.2) is 11.6 Å². The van der Waals surface area contributed by atoms with Gasteiger partial charge in [-0.1, -0.05) is 27.7 Å². The topological polar surface area (TPSA) is 132 Å². The van der Waals surface area contributed by atoms with E-state index in [1.165, 1.54) is 7.05 Å². The number of nitrogens with one attached hydrogen (secondary N) is 2. The Labute approximate surface area is 257 Å². The lowest BCUT2D eigenvalue weighted by atomic mass is 9.70. The van der Waals surface area contributed by atoms with E-state index in [0.29, 0.717) is 12.0 Å². The number of hydrogen-bond donors (Lipinski definition) is 2. The summed E-state index contributed by atoms with van der Waals surface area (Å²) >= 11 is 0. The molecule has 0 aromatic heterocycles. The lowest BCUT2D eigenvalue weighted by Crippen LogP contribution is -2.58. The van der Waals surface area contributed by atoms with Gasteiger partial charge >= 0.3 is 12.0 Å². The monoisotopic (exact) mass is 609 g/mol. The number of hydrogen-bond acceptors (Lipinski definition) is 9. The Morgan fingerprint density at radius 2 is 1.67 bits per heavy atom. The number of likely N-dealkylation sites (N-methyl/N-ethyl adjacent to an activating group) is 1. The van der Waals surface area contributed by atoms with E-state index < -0.39 is 65.3 Å². The van der Waals surface area contributed by atoms with E-state index in [2.05, 4.69) is 15.5 Å². The molecule has 11 nitrogen and oxygen atoms in total. The summed E-state index contributed by atoms with van der Waals surface area (Å²) in [7, 11) is 7.04. The number of nitrogens with zero attached hydrogens (tertiary/aromatic N) is 1. The standard InChI is InChI=1S/C32H55N3O8/c1-17-16-32(9,34-30(39)33-10)26(37)18(2)15-31(7,8)27(20(4)24(36)21(5)28(38)42-22(17)6)43-29-25(40-13)23(35(11)12)14-19(3)41-29/h16,18-23,25,27,29H,14-15H2,1-13H3,(H2,33,34,39)/b17-16+/t18?,19-,20+,21-,22-,23?,25?,27?,29?,32?/m1/s1. The Morgan fingerprint density at radius 3 is 2.21 bits per heavy atom. The summed E-state index contributed by atoms with van der Waals surface area (Å²) in [5, 5.41) is 5.30. The third-order valence-corrected chi connectivity index (χ3v) is 9.10. The second-order valence-corrected chi connectivity index (χ2v) is 13.6. The number of cyclic esters (lactones) is 1. The Kier molecular flexibility index (Phi) is 12.5. The van der Waals surface area contributed by atoms with Crippen molar-refractivity contribution in [2.45, 2.75) is 117 Å². The smallest absolute Gasteiger partial charge is 0.316 e. The first-order chi connectivity index (χ1) is 19.8. The van der Waals surface area contributed by atoms with E-state index in [0.717, 1.165) is 6.42 Å². The van der Waals surface area contributed by atoms with Gasteiger partial charge in [-0.2, -0.15) is 0 Å². The molecular formula is C32H55N3O8. The zero-order chi connectivity index (χ0) is 33.0. The molecule has 2 heterocycles. The van der Waals surface area contributed by atoms with Crippen LogP contribution in [0.2, 0.25) is 0 Å². The number of urea groups is 1. The minimum Gasteiger partial charge on any atom is -0.458 e. The highest BCUT2D eigenvalue weighted by molar-refractivity contribution is 6.00. The molecule has 2 amide bonds. The average Bonchev–Trinajstić information content (AvgIpc) is 2.92. The summed E-state index contributed by atoms with van der Waals surface area (Å²) in [6.07, 6.45) is -0.145. The highest BCUT2D eigenvalue weighted by atomic mass is 16.7. The first-order valence-corrected chi connectivity index (χ1v) is 15.3. The highest BCUT2D eigenvalue weighted by Gasteiger charge is 2.48. The van der Waals surface area contributed by atoms with E-state index in [-0.39, 0.29) is 23.7 Å². The molecule has 0 aromatic rings. The number of carbonyl (C=O) groups is 4. The fraction of sp³-hybridized carbons (Fsp3) is 0.812. The molecule has 0 spiro atoms. The van der Waals surface area contributed by atoms with Crippen molar-refractivity contribution < 1.29 is 38.1 Å². The maximum Gasteiger partial charge on any atom is 0.316 e. The molecule has 0 saturated carbocycles. The predicted molar refractivity (Wildman–Crippen MR) is 163 cm³/mol. The van der Waals surface area contributed by atoms with Gasteiger partial charge in [-0.25, -0.2) is 4.79 Å². The van der Waals surface area contributed by atoms with Crippen LogP contribution in [0.1, 0.15) is 75.2 Å². The van der Waals surface area contributed by atoms with Crippen LogP contribution in [0.5, 0.6) is 0 Å². The van der Waals surface area contributed by atoms with Crippen molar-refractivity contribution in [3.05, 3.63) is 11.6 Å². The van der Waals surface area contributed by atoms with Gasteiger partial charge in [-0.05, 0) is 78.6 Å².